The lowest BCUT2D eigenvalue weighted by atomic mass is 10.2. The van der Waals surface area contributed by atoms with Crippen molar-refractivity contribution in [3.05, 3.63) is 53.2 Å². The molecule has 1 aromatic heterocycles. The lowest BCUT2D eigenvalue weighted by Crippen LogP contribution is -2.31. The topological polar surface area (TPSA) is 40.9 Å². The van der Waals surface area contributed by atoms with Crippen molar-refractivity contribution in [2.24, 2.45) is 0 Å². The van der Waals surface area contributed by atoms with E-state index in [1.165, 1.54) is 24.3 Å². The molecule has 1 atom stereocenters. The summed E-state index contributed by atoms with van der Waals surface area (Å²) in [7, 11) is 4.15. The van der Waals surface area contributed by atoms with Crippen molar-refractivity contribution in [3.8, 4) is 11.6 Å². The Morgan fingerprint density at radius 2 is 1.90 bits per heavy atom. The summed E-state index contributed by atoms with van der Waals surface area (Å²) >= 11 is 6.51. The molecule has 0 aliphatic carbocycles. The Morgan fingerprint density at radius 3 is 2.52 bits per heavy atom. The standard InChI is InChI=1S/C22H23ClF3N3O2/c1-27(2)16-7-8-28(13-16)17-9-15-12-29(21(30)20(15)19(23)10-17)11-14-3-5-18(6-4-14)31-22(24,25)26/h3-6,9-10,12,16,30H,7-8,11,13H2,1-2H3/t16-/m1/s1. The van der Waals surface area contributed by atoms with Gasteiger partial charge in [-0.25, -0.2) is 0 Å². The highest BCUT2D eigenvalue weighted by atomic mass is 35.5. The summed E-state index contributed by atoms with van der Waals surface area (Å²) < 4.78 is 42.5. The minimum Gasteiger partial charge on any atom is -0.494 e. The molecule has 5 nitrogen and oxygen atoms in total. The van der Waals surface area contributed by atoms with Crippen LogP contribution in [0.5, 0.6) is 11.6 Å². The number of hydrogen-bond donors (Lipinski definition) is 1. The van der Waals surface area contributed by atoms with Gasteiger partial charge in [0.2, 0.25) is 5.88 Å². The van der Waals surface area contributed by atoms with E-state index < -0.39 is 6.36 Å². The summed E-state index contributed by atoms with van der Waals surface area (Å²) in [6.07, 6.45) is -1.85. The number of ether oxygens (including phenoxy) is 1. The molecule has 1 aliphatic rings. The zero-order valence-corrected chi connectivity index (χ0v) is 17.9. The van der Waals surface area contributed by atoms with E-state index >= 15 is 0 Å². The van der Waals surface area contributed by atoms with Crippen molar-refractivity contribution < 1.29 is 23.0 Å². The van der Waals surface area contributed by atoms with Crippen LogP contribution in [0.4, 0.5) is 18.9 Å². The molecule has 0 spiro atoms. The van der Waals surface area contributed by atoms with E-state index in [4.69, 9.17) is 11.6 Å². The van der Waals surface area contributed by atoms with Crippen LogP contribution in [0.15, 0.2) is 42.6 Å². The van der Waals surface area contributed by atoms with Crippen molar-refractivity contribution in [2.75, 3.05) is 32.1 Å². The molecule has 2 aromatic carbocycles. The Hall–Kier alpha value is -2.58. The molecule has 9 heteroatoms. The summed E-state index contributed by atoms with van der Waals surface area (Å²) in [5, 5.41) is 12.5. The Labute approximate surface area is 183 Å². The second-order valence-corrected chi connectivity index (χ2v) is 8.42. The van der Waals surface area contributed by atoms with Crippen molar-refractivity contribution in [3.63, 3.8) is 0 Å². The molecule has 0 radical (unpaired) electrons. The third kappa shape index (κ3) is 4.70. The van der Waals surface area contributed by atoms with Crippen molar-refractivity contribution in [2.45, 2.75) is 25.4 Å². The van der Waals surface area contributed by atoms with Crippen molar-refractivity contribution >= 4 is 28.1 Å². The van der Waals surface area contributed by atoms with Gasteiger partial charge in [0, 0.05) is 36.4 Å². The predicted molar refractivity (Wildman–Crippen MR) is 115 cm³/mol. The normalized spacial score (nSPS) is 17.1. The first-order valence-corrected chi connectivity index (χ1v) is 10.3. The van der Waals surface area contributed by atoms with E-state index in [2.05, 4.69) is 28.6 Å². The molecule has 166 valence electrons. The number of rotatable bonds is 5. The molecule has 4 rings (SSSR count). The number of halogens is 4. The smallest absolute Gasteiger partial charge is 0.494 e. The molecule has 1 aliphatic heterocycles. The van der Waals surface area contributed by atoms with Crippen LogP contribution in [0.2, 0.25) is 5.02 Å². The molecule has 1 fully saturated rings. The zero-order chi connectivity index (χ0) is 22.3. The van der Waals surface area contributed by atoms with Crippen LogP contribution in [-0.4, -0.2) is 54.2 Å². The first-order valence-electron chi connectivity index (χ1n) is 9.88. The Bertz CT molecular complexity index is 1080. The van der Waals surface area contributed by atoms with Crippen molar-refractivity contribution in [1.29, 1.82) is 0 Å². The fourth-order valence-electron chi connectivity index (χ4n) is 4.02. The van der Waals surface area contributed by atoms with Gasteiger partial charge in [0.15, 0.2) is 0 Å². The molecule has 0 unspecified atom stereocenters. The Morgan fingerprint density at radius 1 is 1.19 bits per heavy atom. The summed E-state index contributed by atoms with van der Waals surface area (Å²) in [5.74, 6) is -0.262. The molecule has 1 saturated heterocycles. The summed E-state index contributed by atoms with van der Waals surface area (Å²) in [4.78, 5) is 4.50. The fraction of sp³-hybridized carbons (Fsp3) is 0.364. The molecule has 31 heavy (non-hydrogen) atoms. The average Bonchev–Trinajstić information content (AvgIpc) is 3.28. The van der Waals surface area contributed by atoms with Crippen molar-refractivity contribution in [1.82, 2.24) is 9.47 Å². The van der Waals surface area contributed by atoms with Crippen LogP contribution in [0.3, 0.4) is 0 Å². The van der Waals surface area contributed by atoms with Crippen LogP contribution in [0.1, 0.15) is 12.0 Å². The summed E-state index contributed by atoms with van der Waals surface area (Å²) in [6, 6.07) is 9.93. The monoisotopic (exact) mass is 453 g/mol. The van der Waals surface area contributed by atoms with Gasteiger partial charge >= 0.3 is 6.36 Å². The second kappa shape index (κ2) is 8.16. The fourth-order valence-corrected chi connectivity index (χ4v) is 4.32. The number of aromatic hydroxyl groups is 1. The largest absolute Gasteiger partial charge is 0.573 e. The minimum atomic E-state index is -4.73. The van der Waals surface area contributed by atoms with Gasteiger partial charge in [0.1, 0.15) is 5.75 Å². The molecule has 3 aromatic rings. The van der Waals surface area contributed by atoms with Gasteiger partial charge in [-0.05, 0) is 50.3 Å². The number of anilines is 1. The van der Waals surface area contributed by atoms with E-state index in [1.54, 1.807) is 10.8 Å². The van der Waals surface area contributed by atoms with Crippen LogP contribution in [-0.2, 0) is 6.54 Å². The maximum atomic E-state index is 12.3. The number of aromatic nitrogens is 1. The summed E-state index contributed by atoms with van der Waals surface area (Å²) in [6.45, 7) is 2.13. The number of nitrogens with zero attached hydrogens (tertiary/aromatic N) is 3. The highest BCUT2D eigenvalue weighted by Crippen LogP contribution is 2.38. The third-order valence-corrected chi connectivity index (χ3v) is 5.96. The van der Waals surface area contributed by atoms with Crippen LogP contribution >= 0.6 is 11.6 Å². The maximum absolute atomic E-state index is 12.3. The average molecular weight is 454 g/mol. The van der Waals surface area contributed by atoms with E-state index in [9.17, 15) is 18.3 Å². The highest BCUT2D eigenvalue weighted by Gasteiger charge is 2.31. The van der Waals surface area contributed by atoms with Gasteiger partial charge in [0.25, 0.3) is 0 Å². The maximum Gasteiger partial charge on any atom is 0.573 e. The van der Waals surface area contributed by atoms with E-state index in [0.29, 0.717) is 16.5 Å². The van der Waals surface area contributed by atoms with Crippen LogP contribution in [0, 0.1) is 0 Å². The number of benzene rings is 2. The zero-order valence-electron chi connectivity index (χ0n) is 17.2. The molecule has 0 amide bonds. The minimum absolute atomic E-state index is 0.0229. The SMILES string of the molecule is CN(C)[C@@H]1CCN(c2cc(Cl)c3c(O)n(Cc4ccc(OC(F)(F)F)cc4)cc3c2)C1. The number of likely N-dealkylation sites (N-methyl/N-ethyl adjacent to an activating group) is 1. The summed E-state index contributed by atoms with van der Waals surface area (Å²) in [5.41, 5.74) is 1.72. The van der Waals surface area contributed by atoms with E-state index in [-0.39, 0.29) is 18.2 Å². The molecule has 0 bridgehead atoms. The predicted octanol–water partition coefficient (Wildman–Crippen LogP) is 5.09. The second-order valence-electron chi connectivity index (χ2n) is 8.02. The van der Waals surface area contributed by atoms with Crippen LogP contribution < -0.4 is 9.64 Å². The van der Waals surface area contributed by atoms with Gasteiger partial charge < -0.3 is 24.2 Å². The number of hydrogen-bond acceptors (Lipinski definition) is 4. The quantitative estimate of drug-likeness (QED) is 0.584. The lowest BCUT2D eigenvalue weighted by molar-refractivity contribution is -0.274. The van der Waals surface area contributed by atoms with Gasteiger partial charge in [0.05, 0.1) is 17.0 Å². The van der Waals surface area contributed by atoms with Gasteiger partial charge in [-0.3, -0.25) is 0 Å². The van der Waals surface area contributed by atoms with Crippen LogP contribution in [0.25, 0.3) is 10.8 Å². The number of alkyl halides is 3. The Kier molecular flexibility index (Phi) is 5.70. The van der Waals surface area contributed by atoms with Gasteiger partial charge in [-0.1, -0.05) is 23.7 Å². The Balaban J connectivity index is 1.57. The molecule has 1 N–H and O–H groups in total. The molecule has 0 saturated carbocycles. The highest BCUT2D eigenvalue weighted by molar-refractivity contribution is 6.36. The van der Waals surface area contributed by atoms with E-state index in [0.717, 1.165) is 36.1 Å². The van der Waals surface area contributed by atoms with Gasteiger partial charge in [-0.2, -0.15) is 0 Å². The molecular weight excluding hydrogens is 431 g/mol. The van der Waals surface area contributed by atoms with Gasteiger partial charge in [-0.15, -0.1) is 13.2 Å². The third-order valence-electron chi connectivity index (χ3n) is 5.66. The molecular formula is C22H23ClF3N3O2. The number of fused-ring (bicyclic) bond motifs is 1. The molecule has 2 heterocycles. The lowest BCUT2D eigenvalue weighted by Gasteiger charge is -2.22. The first-order chi connectivity index (χ1) is 14.6. The van der Waals surface area contributed by atoms with E-state index in [1.807, 2.05) is 12.1 Å². The first kappa shape index (κ1) is 21.6.